The van der Waals surface area contributed by atoms with Gasteiger partial charge in [-0.15, -0.1) is 0 Å². The lowest BCUT2D eigenvalue weighted by Gasteiger charge is -2.17. The second-order valence-corrected chi connectivity index (χ2v) is 6.57. The predicted molar refractivity (Wildman–Crippen MR) is 98.9 cm³/mol. The van der Waals surface area contributed by atoms with Crippen LogP contribution in [0.15, 0.2) is 48.9 Å². The van der Waals surface area contributed by atoms with Crippen molar-refractivity contribution in [2.75, 3.05) is 18.6 Å². The number of methoxy groups -OCH3 is 1. The summed E-state index contributed by atoms with van der Waals surface area (Å²) in [6.45, 7) is 0.628. The number of hydrogen-bond acceptors (Lipinski definition) is 4. The lowest BCUT2D eigenvalue weighted by Crippen LogP contribution is -2.27. The Morgan fingerprint density at radius 3 is 2.89 bits per heavy atom. The molecule has 1 N–H and O–H groups in total. The van der Waals surface area contributed by atoms with E-state index >= 15 is 0 Å². The summed E-state index contributed by atoms with van der Waals surface area (Å²) >= 11 is 0. The Morgan fingerprint density at radius 1 is 1.30 bits per heavy atom. The van der Waals surface area contributed by atoms with Gasteiger partial charge in [0, 0.05) is 30.3 Å². The average Bonchev–Trinajstić information content (AvgIpc) is 3.32. The normalized spacial score (nSPS) is 16.7. The number of nitrogens with one attached hydrogen (secondary N) is 1. The first-order valence-electron chi connectivity index (χ1n) is 8.74. The van der Waals surface area contributed by atoms with E-state index in [0.29, 0.717) is 18.7 Å². The zero-order valence-electron chi connectivity index (χ0n) is 14.9. The number of benzene rings is 1. The third-order valence-corrected chi connectivity index (χ3v) is 4.82. The van der Waals surface area contributed by atoms with Crippen LogP contribution in [0.1, 0.15) is 12.0 Å². The van der Waals surface area contributed by atoms with Crippen molar-refractivity contribution in [3.8, 4) is 17.0 Å². The Labute approximate surface area is 156 Å². The first-order valence-corrected chi connectivity index (χ1v) is 8.74. The van der Waals surface area contributed by atoms with E-state index in [1.165, 1.54) is 19.2 Å². The molecule has 2 aromatic heterocycles. The van der Waals surface area contributed by atoms with Crippen LogP contribution < -0.4 is 9.64 Å². The highest BCUT2D eigenvalue weighted by Gasteiger charge is 2.32. The Hall–Kier alpha value is -3.22. The number of pyridine rings is 1. The first-order chi connectivity index (χ1) is 13.1. The molecule has 0 aliphatic carbocycles. The Kier molecular flexibility index (Phi) is 4.58. The minimum atomic E-state index is -0.356. The molecule has 0 spiro atoms. The predicted octanol–water partition coefficient (Wildman–Crippen LogP) is 3.22. The van der Waals surface area contributed by atoms with Gasteiger partial charge in [0.15, 0.2) is 0 Å². The highest BCUT2D eigenvalue weighted by molar-refractivity contribution is 5.97. The van der Waals surface area contributed by atoms with Gasteiger partial charge in [-0.1, -0.05) is 0 Å². The van der Waals surface area contributed by atoms with Crippen molar-refractivity contribution in [3.05, 3.63) is 60.3 Å². The lowest BCUT2D eigenvalue weighted by atomic mass is 9.98. The second-order valence-electron chi connectivity index (χ2n) is 6.57. The van der Waals surface area contributed by atoms with E-state index in [9.17, 15) is 9.18 Å². The van der Waals surface area contributed by atoms with Crippen LogP contribution in [-0.4, -0.2) is 34.7 Å². The fourth-order valence-electron chi connectivity index (χ4n) is 3.43. The summed E-state index contributed by atoms with van der Waals surface area (Å²) in [5.41, 5.74) is 3.22. The summed E-state index contributed by atoms with van der Waals surface area (Å²) in [4.78, 5) is 19.0. The number of rotatable bonds is 5. The molecule has 1 fully saturated rings. The van der Waals surface area contributed by atoms with E-state index in [-0.39, 0.29) is 17.6 Å². The molecule has 138 valence electrons. The van der Waals surface area contributed by atoms with Crippen LogP contribution in [0.2, 0.25) is 0 Å². The van der Waals surface area contributed by atoms with Crippen LogP contribution in [0.4, 0.5) is 10.1 Å². The number of hydrogen-bond donors (Lipinski definition) is 1. The molecule has 1 atom stereocenters. The van der Waals surface area contributed by atoms with Crippen molar-refractivity contribution in [2.24, 2.45) is 5.92 Å². The third kappa shape index (κ3) is 3.53. The summed E-state index contributed by atoms with van der Waals surface area (Å²) in [5, 5.41) is 6.67. The van der Waals surface area contributed by atoms with E-state index in [0.717, 1.165) is 28.9 Å². The molecule has 1 aliphatic rings. The summed E-state index contributed by atoms with van der Waals surface area (Å²) in [6.07, 6.45) is 6.39. The van der Waals surface area contributed by atoms with Crippen LogP contribution in [0.25, 0.3) is 11.3 Å². The molecule has 7 heteroatoms. The lowest BCUT2D eigenvalue weighted by molar-refractivity contribution is -0.120. The molecular formula is C20H19FN4O2. The van der Waals surface area contributed by atoms with Crippen LogP contribution in [0.3, 0.4) is 0 Å². The van der Waals surface area contributed by atoms with Crippen LogP contribution in [-0.2, 0) is 11.2 Å². The molecule has 0 saturated carbocycles. The molecule has 1 aliphatic heterocycles. The quantitative estimate of drug-likeness (QED) is 0.753. The van der Waals surface area contributed by atoms with Gasteiger partial charge >= 0.3 is 0 Å². The van der Waals surface area contributed by atoms with Gasteiger partial charge in [0.05, 0.1) is 30.9 Å². The Morgan fingerprint density at radius 2 is 2.19 bits per heavy atom. The van der Waals surface area contributed by atoms with Gasteiger partial charge in [0.25, 0.3) is 0 Å². The van der Waals surface area contributed by atoms with E-state index in [4.69, 9.17) is 4.74 Å². The van der Waals surface area contributed by atoms with Gasteiger partial charge in [-0.3, -0.25) is 14.9 Å². The molecule has 3 aromatic rings. The van der Waals surface area contributed by atoms with Crippen molar-refractivity contribution >= 4 is 11.6 Å². The second kappa shape index (κ2) is 7.19. The number of carbonyl (C=O) groups is 1. The monoisotopic (exact) mass is 366 g/mol. The van der Waals surface area contributed by atoms with E-state index in [1.807, 2.05) is 12.1 Å². The SMILES string of the molecule is COc1cc(F)cc(CC2CCN(c3ccc(-c4cn[nH]c4)nc3)C2=O)c1. The smallest absolute Gasteiger partial charge is 0.230 e. The maximum atomic E-state index is 13.7. The third-order valence-electron chi connectivity index (χ3n) is 4.82. The topological polar surface area (TPSA) is 71.1 Å². The molecule has 0 radical (unpaired) electrons. The molecule has 1 amide bonds. The number of halogens is 1. The van der Waals surface area contributed by atoms with Crippen LogP contribution in [0.5, 0.6) is 5.75 Å². The zero-order valence-corrected chi connectivity index (χ0v) is 14.9. The number of carbonyl (C=O) groups excluding carboxylic acids is 1. The fourth-order valence-corrected chi connectivity index (χ4v) is 3.43. The zero-order chi connectivity index (χ0) is 18.8. The number of aromatic amines is 1. The number of ether oxygens (including phenoxy) is 1. The van der Waals surface area contributed by atoms with E-state index in [1.54, 1.807) is 29.6 Å². The van der Waals surface area contributed by atoms with Crippen molar-refractivity contribution in [2.45, 2.75) is 12.8 Å². The standard InChI is InChI=1S/C20H19FN4O2/c1-27-18-8-13(7-16(21)9-18)6-14-4-5-25(20(14)26)17-2-3-19(22-12-17)15-10-23-24-11-15/h2-3,7-12,14H,4-6H2,1H3,(H,23,24). The minimum absolute atomic E-state index is 0.0380. The number of aromatic nitrogens is 3. The summed E-state index contributed by atoms with van der Waals surface area (Å²) in [6, 6.07) is 8.33. The average molecular weight is 366 g/mol. The highest BCUT2D eigenvalue weighted by Crippen LogP contribution is 2.29. The maximum Gasteiger partial charge on any atom is 0.230 e. The van der Waals surface area contributed by atoms with Gasteiger partial charge in [0.1, 0.15) is 11.6 Å². The largest absolute Gasteiger partial charge is 0.497 e. The molecule has 3 heterocycles. The number of H-pyrrole nitrogens is 1. The highest BCUT2D eigenvalue weighted by atomic mass is 19.1. The number of nitrogens with zero attached hydrogens (tertiary/aromatic N) is 3. The summed E-state index contributed by atoms with van der Waals surface area (Å²) in [5.74, 6) is -0.0295. The van der Waals surface area contributed by atoms with Crippen molar-refractivity contribution in [1.82, 2.24) is 15.2 Å². The van der Waals surface area contributed by atoms with E-state index in [2.05, 4.69) is 15.2 Å². The van der Waals surface area contributed by atoms with Crippen molar-refractivity contribution in [3.63, 3.8) is 0 Å². The maximum absolute atomic E-state index is 13.7. The molecule has 0 bridgehead atoms. The summed E-state index contributed by atoms with van der Waals surface area (Å²) in [7, 11) is 1.50. The van der Waals surface area contributed by atoms with Crippen LogP contribution >= 0.6 is 0 Å². The van der Waals surface area contributed by atoms with E-state index < -0.39 is 0 Å². The summed E-state index contributed by atoms with van der Waals surface area (Å²) < 4.78 is 18.8. The van der Waals surface area contributed by atoms with Gasteiger partial charge in [0.2, 0.25) is 5.91 Å². The van der Waals surface area contributed by atoms with Gasteiger partial charge in [-0.2, -0.15) is 5.10 Å². The van der Waals surface area contributed by atoms with Gasteiger partial charge < -0.3 is 9.64 Å². The van der Waals surface area contributed by atoms with Gasteiger partial charge in [-0.05, 0) is 42.7 Å². The molecule has 27 heavy (non-hydrogen) atoms. The molecule has 1 aromatic carbocycles. The molecule has 1 saturated heterocycles. The Bertz CT molecular complexity index is 941. The molecule has 6 nitrogen and oxygen atoms in total. The first kappa shape index (κ1) is 17.2. The molecule has 1 unspecified atom stereocenters. The minimum Gasteiger partial charge on any atom is -0.497 e. The van der Waals surface area contributed by atoms with Gasteiger partial charge in [-0.25, -0.2) is 4.39 Å². The molecular weight excluding hydrogens is 347 g/mol. The molecule has 4 rings (SSSR count). The number of amides is 1. The Balaban J connectivity index is 1.48. The van der Waals surface area contributed by atoms with Crippen LogP contribution in [0, 0.1) is 11.7 Å². The van der Waals surface area contributed by atoms with Crippen molar-refractivity contribution in [1.29, 1.82) is 0 Å². The fraction of sp³-hybridized carbons (Fsp3) is 0.250. The van der Waals surface area contributed by atoms with Crippen molar-refractivity contribution < 1.29 is 13.9 Å². The number of anilines is 1.